The first-order chi connectivity index (χ1) is 8.90. The summed E-state index contributed by atoms with van der Waals surface area (Å²) in [5.74, 6) is 0. The van der Waals surface area contributed by atoms with E-state index in [2.05, 4.69) is 53.6 Å². The second kappa shape index (κ2) is 3.64. The lowest BCUT2D eigenvalue weighted by molar-refractivity contribution is 1.11. The third kappa shape index (κ3) is 1.42. The molecule has 0 aliphatic heterocycles. The number of allylic oxidation sites excluding steroid dienone is 2. The topological polar surface area (TPSA) is 25.8 Å². The maximum Gasteiger partial charge on any atom is 0.0893 e. The number of aromatic nitrogens is 2. The van der Waals surface area contributed by atoms with Crippen LogP contribution in [-0.4, -0.2) is 9.97 Å². The molecule has 2 heteroatoms. The Labute approximate surface area is 106 Å². The van der Waals surface area contributed by atoms with Crippen molar-refractivity contribution < 1.29 is 0 Å². The molecule has 18 heavy (non-hydrogen) atoms. The molecular formula is C16H12N2. The molecule has 0 saturated carbocycles. The van der Waals surface area contributed by atoms with Gasteiger partial charge in [-0.2, -0.15) is 0 Å². The first-order valence-electron chi connectivity index (χ1n) is 6.23. The van der Waals surface area contributed by atoms with Gasteiger partial charge in [0.15, 0.2) is 0 Å². The number of fused-ring (bicyclic) bond motifs is 2. The van der Waals surface area contributed by atoms with Crippen LogP contribution in [0.1, 0.15) is 22.5 Å². The van der Waals surface area contributed by atoms with Gasteiger partial charge in [0.2, 0.25) is 0 Å². The van der Waals surface area contributed by atoms with Crippen molar-refractivity contribution in [2.24, 2.45) is 0 Å². The van der Waals surface area contributed by atoms with Gasteiger partial charge >= 0.3 is 0 Å². The smallest absolute Gasteiger partial charge is 0.0893 e. The van der Waals surface area contributed by atoms with Gasteiger partial charge in [0, 0.05) is 6.42 Å². The van der Waals surface area contributed by atoms with Crippen LogP contribution in [0.2, 0.25) is 0 Å². The van der Waals surface area contributed by atoms with Crippen LogP contribution in [0.3, 0.4) is 0 Å². The second-order valence-corrected chi connectivity index (χ2v) is 4.69. The Morgan fingerprint density at radius 3 is 2.61 bits per heavy atom. The zero-order valence-electron chi connectivity index (χ0n) is 9.93. The molecule has 0 saturated heterocycles. The van der Waals surface area contributed by atoms with E-state index >= 15 is 0 Å². The van der Waals surface area contributed by atoms with Gasteiger partial charge in [0.05, 0.1) is 22.8 Å². The van der Waals surface area contributed by atoms with Crippen molar-refractivity contribution in [1.29, 1.82) is 0 Å². The number of pyridine rings is 2. The summed E-state index contributed by atoms with van der Waals surface area (Å²) >= 11 is 0. The van der Waals surface area contributed by atoms with Gasteiger partial charge < -0.3 is 0 Å². The summed E-state index contributed by atoms with van der Waals surface area (Å²) in [5.41, 5.74) is 6.73. The van der Waals surface area contributed by atoms with Crippen LogP contribution in [0.4, 0.5) is 0 Å². The zero-order chi connectivity index (χ0) is 11.9. The Kier molecular flexibility index (Phi) is 1.97. The third-order valence-electron chi connectivity index (χ3n) is 3.51. The number of rotatable bonds is 1. The molecule has 0 bridgehead atoms. The predicted molar refractivity (Wildman–Crippen MR) is 72.9 cm³/mol. The molecule has 2 heterocycles. The van der Waals surface area contributed by atoms with Crippen LogP contribution in [0, 0.1) is 0 Å². The van der Waals surface area contributed by atoms with E-state index in [-0.39, 0.29) is 0 Å². The number of nitrogens with zero attached hydrogens (tertiary/aromatic N) is 2. The Bertz CT molecular complexity index is 696. The molecule has 86 valence electrons. The molecule has 2 aliphatic carbocycles. The molecule has 0 spiro atoms. The van der Waals surface area contributed by atoms with E-state index in [1.165, 1.54) is 11.1 Å². The Morgan fingerprint density at radius 2 is 1.61 bits per heavy atom. The molecule has 0 amide bonds. The van der Waals surface area contributed by atoms with E-state index in [0.717, 1.165) is 35.6 Å². The van der Waals surface area contributed by atoms with Crippen molar-refractivity contribution in [3.8, 4) is 11.4 Å². The third-order valence-corrected chi connectivity index (χ3v) is 3.51. The first kappa shape index (κ1) is 9.77. The maximum atomic E-state index is 4.70. The standard InChI is InChI=1S/C16H12N2/c1-3-11-7-9-15(17-13(11)5-1)16-10-8-12-4-2-6-14(12)18-16/h1-3,6-10H,4-5H2. The zero-order valence-corrected chi connectivity index (χ0v) is 9.93. The highest BCUT2D eigenvalue weighted by Gasteiger charge is 2.12. The molecule has 2 aromatic rings. The van der Waals surface area contributed by atoms with E-state index in [1.807, 2.05) is 0 Å². The summed E-state index contributed by atoms with van der Waals surface area (Å²) in [5, 5.41) is 0. The molecule has 0 fully saturated rings. The molecule has 0 aromatic carbocycles. The van der Waals surface area contributed by atoms with Gasteiger partial charge in [-0.15, -0.1) is 0 Å². The lowest BCUT2D eigenvalue weighted by Gasteiger charge is -2.05. The molecule has 0 N–H and O–H groups in total. The SMILES string of the molecule is C1=Cc2nc(-c3ccc4c(n3)CC=C4)ccc2C1. The van der Waals surface area contributed by atoms with Gasteiger partial charge in [-0.1, -0.05) is 30.4 Å². The minimum Gasteiger partial charge on any atom is -0.250 e. The van der Waals surface area contributed by atoms with E-state index in [4.69, 9.17) is 4.98 Å². The minimum absolute atomic E-state index is 0.939. The highest BCUT2D eigenvalue weighted by Crippen LogP contribution is 2.25. The largest absolute Gasteiger partial charge is 0.250 e. The second-order valence-electron chi connectivity index (χ2n) is 4.69. The molecule has 0 atom stereocenters. The molecule has 0 unspecified atom stereocenters. The van der Waals surface area contributed by atoms with Crippen molar-refractivity contribution in [3.05, 3.63) is 58.9 Å². The summed E-state index contributed by atoms with van der Waals surface area (Å²) < 4.78 is 0. The van der Waals surface area contributed by atoms with Gasteiger partial charge in [0.1, 0.15) is 0 Å². The van der Waals surface area contributed by atoms with Crippen molar-refractivity contribution in [1.82, 2.24) is 9.97 Å². The summed E-state index contributed by atoms with van der Waals surface area (Å²) in [6.07, 6.45) is 10.5. The van der Waals surface area contributed by atoms with Crippen LogP contribution in [0.25, 0.3) is 23.5 Å². The lowest BCUT2D eigenvalue weighted by Crippen LogP contribution is -1.95. The monoisotopic (exact) mass is 232 g/mol. The quantitative estimate of drug-likeness (QED) is 0.754. The van der Waals surface area contributed by atoms with Crippen molar-refractivity contribution in [2.75, 3.05) is 0 Å². The lowest BCUT2D eigenvalue weighted by atomic mass is 10.1. The molecule has 2 aromatic heterocycles. The van der Waals surface area contributed by atoms with Crippen molar-refractivity contribution in [2.45, 2.75) is 12.8 Å². The summed E-state index contributed by atoms with van der Waals surface area (Å²) in [6, 6.07) is 8.42. The Morgan fingerprint density at radius 1 is 0.778 bits per heavy atom. The number of hydrogen-bond acceptors (Lipinski definition) is 2. The highest BCUT2D eigenvalue weighted by atomic mass is 14.8. The Balaban J connectivity index is 1.81. The van der Waals surface area contributed by atoms with Crippen LogP contribution >= 0.6 is 0 Å². The fraction of sp³-hybridized carbons (Fsp3) is 0.125. The normalized spacial score (nSPS) is 14.9. The molecule has 2 nitrogen and oxygen atoms in total. The summed E-state index contributed by atoms with van der Waals surface area (Å²) in [7, 11) is 0. The van der Waals surface area contributed by atoms with Gasteiger partial charge in [0.25, 0.3) is 0 Å². The minimum atomic E-state index is 0.939. The van der Waals surface area contributed by atoms with E-state index < -0.39 is 0 Å². The van der Waals surface area contributed by atoms with E-state index in [9.17, 15) is 0 Å². The number of hydrogen-bond donors (Lipinski definition) is 0. The molecule has 2 aliphatic rings. The molecular weight excluding hydrogens is 220 g/mol. The molecule has 0 radical (unpaired) electrons. The van der Waals surface area contributed by atoms with Gasteiger partial charge in [-0.3, -0.25) is 4.98 Å². The van der Waals surface area contributed by atoms with Crippen LogP contribution in [-0.2, 0) is 12.8 Å². The van der Waals surface area contributed by atoms with Crippen molar-refractivity contribution >= 4 is 12.2 Å². The Hall–Kier alpha value is -2.22. The maximum absolute atomic E-state index is 4.70. The van der Waals surface area contributed by atoms with Crippen molar-refractivity contribution in [3.63, 3.8) is 0 Å². The van der Waals surface area contributed by atoms with E-state index in [0.29, 0.717) is 0 Å². The summed E-state index contributed by atoms with van der Waals surface area (Å²) in [4.78, 5) is 9.38. The highest BCUT2D eigenvalue weighted by molar-refractivity contribution is 5.65. The van der Waals surface area contributed by atoms with Crippen LogP contribution < -0.4 is 0 Å². The molecule has 4 rings (SSSR count). The average Bonchev–Trinajstić information content (AvgIpc) is 3.05. The fourth-order valence-corrected chi connectivity index (χ4v) is 2.53. The van der Waals surface area contributed by atoms with Crippen LogP contribution in [0.15, 0.2) is 36.4 Å². The van der Waals surface area contributed by atoms with E-state index in [1.54, 1.807) is 0 Å². The predicted octanol–water partition coefficient (Wildman–Crippen LogP) is 3.28. The average molecular weight is 232 g/mol. The first-order valence-corrected chi connectivity index (χ1v) is 6.23. The van der Waals surface area contributed by atoms with Crippen LogP contribution in [0.5, 0.6) is 0 Å². The van der Waals surface area contributed by atoms with Gasteiger partial charge in [-0.05, 0) is 35.8 Å². The van der Waals surface area contributed by atoms with Gasteiger partial charge in [-0.25, -0.2) is 4.98 Å². The fourth-order valence-electron chi connectivity index (χ4n) is 2.53. The summed E-state index contributed by atoms with van der Waals surface area (Å²) in [6.45, 7) is 0.